The van der Waals surface area contributed by atoms with Crippen LogP contribution >= 0.6 is 0 Å². The van der Waals surface area contributed by atoms with Crippen molar-refractivity contribution in [1.29, 1.82) is 0 Å². The van der Waals surface area contributed by atoms with Gasteiger partial charge < -0.3 is 9.94 Å². The summed E-state index contributed by atoms with van der Waals surface area (Å²) in [5.74, 6) is 1.58. The first-order valence-electron chi connectivity index (χ1n) is 5.11. The molecule has 1 aromatic heterocycles. The van der Waals surface area contributed by atoms with Crippen LogP contribution in [0.2, 0.25) is 0 Å². The van der Waals surface area contributed by atoms with Crippen molar-refractivity contribution in [3.05, 3.63) is 18.2 Å². The zero-order chi connectivity index (χ0) is 10.7. The van der Waals surface area contributed by atoms with Gasteiger partial charge in [-0.15, -0.1) is 0 Å². The molecule has 1 fully saturated rings. The highest BCUT2D eigenvalue weighted by molar-refractivity contribution is 5.72. The maximum Gasteiger partial charge on any atom is 0.305 e. The summed E-state index contributed by atoms with van der Waals surface area (Å²) >= 11 is 0. The molecule has 5 heteroatoms. The maximum absolute atomic E-state index is 8.51. The maximum atomic E-state index is 8.51. The van der Waals surface area contributed by atoms with Crippen molar-refractivity contribution in [1.82, 2.24) is 4.57 Å². The number of aromatic nitrogens is 2. The van der Waals surface area contributed by atoms with Gasteiger partial charge in [0.15, 0.2) is 12.9 Å². The molecule has 0 amide bonds. The summed E-state index contributed by atoms with van der Waals surface area (Å²) in [5, 5.41) is 11.5. The van der Waals surface area contributed by atoms with E-state index >= 15 is 0 Å². The van der Waals surface area contributed by atoms with Gasteiger partial charge in [0.05, 0.1) is 13.7 Å². The fraction of sp³-hybridized carbons (Fsp3) is 0.600. The first-order chi connectivity index (χ1) is 7.31. The van der Waals surface area contributed by atoms with Crippen LogP contribution in [0.4, 0.5) is 0 Å². The normalized spacial score (nSPS) is 16.3. The second-order valence-electron chi connectivity index (χ2n) is 3.92. The van der Waals surface area contributed by atoms with Crippen LogP contribution < -0.4 is 4.57 Å². The first-order valence-corrected chi connectivity index (χ1v) is 5.11. The third-order valence-electron chi connectivity index (χ3n) is 2.58. The number of ether oxygens (including phenoxy) is 1. The molecule has 0 bridgehead atoms. The summed E-state index contributed by atoms with van der Waals surface area (Å²) in [6, 6.07) is 0. The molecule has 0 spiro atoms. The van der Waals surface area contributed by atoms with Gasteiger partial charge in [-0.05, 0) is 18.8 Å². The highest BCUT2D eigenvalue weighted by atomic mass is 16.5. The number of hydrogen-bond donors (Lipinski definition) is 1. The molecule has 82 valence electrons. The number of nitrogens with zero attached hydrogens (tertiary/aromatic N) is 3. The van der Waals surface area contributed by atoms with Gasteiger partial charge in [0.25, 0.3) is 0 Å². The lowest BCUT2D eigenvalue weighted by Gasteiger charge is -2.00. The van der Waals surface area contributed by atoms with Crippen LogP contribution in [-0.4, -0.2) is 22.6 Å². The second-order valence-corrected chi connectivity index (χ2v) is 3.92. The van der Waals surface area contributed by atoms with E-state index in [1.165, 1.54) is 19.1 Å². The first kappa shape index (κ1) is 10.2. The predicted molar refractivity (Wildman–Crippen MR) is 53.7 cm³/mol. The molecule has 0 atom stereocenters. The van der Waals surface area contributed by atoms with Gasteiger partial charge in [-0.25, -0.2) is 9.13 Å². The zero-order valence-corrected chi connectivity index (χ0v) is 8.83. The van der Waals surface area contributed by atoms with Crippen LogP contribution in [0.3, 0.4) is 0 Å². The molecule has 0 unspecified atom stereocenters. The van der Waals surface area contributed by atoms with Gasteiger partial charge in [-0.2, -0.15) is 0 Å². The molecule has 15 heavy (non-hydrogen) atoms. The number of imidazole rings is 1. The molecular weight excluding hydrogens is 194 g/mol. The largest absolute Gasteiger partial charge is 0.411 e. The molecule has 2 rings (SSSR count). The Balaban J connectivity index is 1.93. The molecule has 1 aromatic rings. The quantitative estimate of drug-likeness (QED) is 0.333. The highest BCUT2D eigenvalue weighted by Crippen LogP contribution is 2.28. The molecule has 1 N–H and O–H groups in total. The number of rotatable bonds is 5. The monoisotopic (exact) mass is 210 g/mol. The molecule has 1 aliphatic rings. The minimum atomic E-state index is 0.513. The van der Waals surface area contributed by atoms with Crippen molar-refractivity contribution in [3.63, 3.8) is 0 Å². The lowest BCUT2D eigenvalue weighted by atomic mass is 10.5. The van der Waals surface area contributed by atoms with E-state index in [4.69, 9.17) is 9.94 Å². The van der Waals surface area contributed by atoms with Crippen molar-refractivity contribution in [2.45, 2.75) is 19.6 Å². The van der Waals surface area contributed by atoms with Crippen LogP contribution in [0.25, 0.3) is 0 Å². The van der Waals surface area contributed by atoms with Gasteiger partial charge in [-0.3, -0.25) is 0 Å². The van der Waals surface area contributed by atoms with Crippen molar-refractivity contribution < 1.29 is 14.5 Å². The average molecular weight is 210 g/mol. The summed E-state index contributed by atoms with van der Waals surface area (Å²) in [6.45, 7) is 1.34. The van der Waals surface area contributed by atoms with E-state index in [1.807, 2.05) is 28.6 Å². The summed E-state index contributed by atoms with van der Waals surface area (Å²) in [5.41, 5.74) is 0. The van der Waals surface area contributed by atoms with Crippen molar-refractivity contribution >= 4 is 6.21 Å². The number of oxime groups is 1. The Labute approximate surface area is 88.6 Å². The molecule has 0 radical (unpaired) electrons. The SMILES string of the molecule is C[n+]1ccn(COCC2CC2)c1/C=N/O. The lowest BCUT2D eigenvalue weighted by molar-refractivity contribution is -0.672. The van der Waals surface area contributed by atoms with E-state index in [-0.39, 0.29) is 0 Å². The van der Waals surface area contributed by atoms with Crippen LogP contribution in [0.15, 0.2) is 17.5 Å². The Hall–Kier alpha value is -1.36. The Bertz CT molecular complexity index is 356. The fourth-order valence-electron chi connectivity index (χ4n) is 1.46. The van der Waals surface area contributed by atoms with Gasteiger partial charge >= 0.3 is 5.82 Å². The van der Waals surface area contributed by atoms with Crippen LogP contribution in [0, 0.1) is 5.92 Å². The zero-order valence-electron chi connectivity index (χ0n) is 8.83. The minimum absolute atomic E-state index is 0.513. The number of aryl methyl sites for hydroxylation is 1. The fourth-order valence-corrected chi connectivity index (χ4v) is 1.46. The minimum Gasteiger partial charge on any atom is -0.411 e. The molecule has 0 aliphatic heterocycles. The van der Waals surface area contributed by atoms with Crippen molar-refractivity contribution in [2.24, 2.45) is 18.1 Å². The van der Waals surface area contributed by atoms with E-state index in [0.717, 1.165) is 18.3 Å². The van der Waals surface area contributed by atoms with E-state index in [9.17, 15) is 0 Å². The van der Waals surface area contributed by atoms with Gasteiger partial charge in [0, 0.05) is 0 Å². The number of hydrogen-bond acceptors (Lipinski definition) is 3. The molecule has 1 heterocycles. The summed E-state index contributed by atoms with van der Waals surface area (Å²) < 4.78 is 9.33. The van der Waals surface area contributed by atoms with E-state index in [1.54, 1.807) is 0 Å². The third-order valence-corrected chi connectivity index (χ3v) is 2.58. The Kier molecular flexibility index (Phi) is 3.01. The van der Waals surface area contributed by atoms with Crippen LogP contribution in [0.5, 0.6) is 0 Å². The lowest BCUT2D eigenvalue weighted by Crippen LogP contribution is -2.32. The summed E-state index contributed by atoms with van der Waals surface area (Å²) in [7, 11) is 1.90. The molecule has 1 aliphatic carbocycles. The Morgan fingerprint density at radius 1 is 1.73 bits per heavy atom. The highest BCUT2D eigenvalue weighted by Gasteiger charge is 2.22. The van der Waals surface area contributed by atoms with Gasteiger partial charge in [-0.1, -0.05) is 5.16 Å². The van der Waals surface area contributed by atoms with Crippen molar-refractivity contribution in [2.75, 3.05) is 6.61 Å². The molecule has 0 saturated heterocycles. The molecular formula is C10H16N3O2+. The van der Waals surface area contributed by atoms with E-state index in [2.05, 4.69) is 5.16 Å². The summed E-state index contributed by atoms with van der Waals surface area (Å²) in [6.07, 6.45) is 7.80. The van der Waals surface area contributed by atoms with Gasteiger partial charge in [0.1, 0.15) is 12.4 Å². The van der Waals surface area contributed by atoms with Crippen LogP contribution in [0.1, 0.15) is 18.7 Å². The molecule has 5 nitrogen and oxygen atoms in total. The standard InChI is InChI=1S/C10H15N3O2/c1-12-4-5-13(10(12)6-11-14)8-15-7-9-2-3-9/h4-6,9H,2-3,7-8H2,1H3/p+1. The summed E-state index contributed by atoms with van der Waals surface area (Å²) in [4.78, 5) is 0. The van der Waals surface area contributed by atoms with Crippen LogP contribution in [-0.2, 0) is 18.5 Å². The van der Waals surface area contributed by atoms with E-state index < -0.39 is 0 Å². The molecule has 0 aromatic carbocycles. The van der Waals surface area contributed by atoms with Crippen molar-refractivity contribution in [3.8, 4) is 0 Å². The average Bonchev–Trinajstić information content (AvgIpc) is 2.98. The predicted octanol–water partition coefficient (Wildman–Crippen LogP) is 0.505. The molecule has 1 saturated carbocycles. The Morgan fingerprint density at radius 3 is 3.20 bits per heavy atom. The topological polar surface area (TPSA) is 50.6 Å². The Morgan fingerprint density at radius 2 is 2.53 bits per heavy atom. The third kappa shape index (κ3) is 2.56. The second kappa shape index (κ2) is 4.44. The van der Waals surface area contributed by atoms with Gasteiger partial charge in [0.2, 0.25) is 0 Å². The smallest absolute Gasteiger partial charge is 0.305 e. The van der Waals surface area contributed by atoms with E-state index in [0.29, 0.717) is 6.73 Å².